The van der Waals surface area contributed by atoms with E-state index in [9.17, 15) is 8.78 Å². The number of aromatic amines is 1. The van der Waals surface area contributed by atoms with E-state index >= 15 is 0 Å². The summed E-state index contributed by atoms with van der Waals surface area (Å²) >= 11 is 0. The molecule has 0 amide bonds. The van der Waals surface area contributed by atoms with Crippen LogP contribution in [-0.4, -0.2) is 41.6 Å². The van der Waals surface area contributed by atoms with Gasteiger partial charge < -0.3 is 10.3 Å². The Morgan fingerprint density at radius 2 is 2.10 bits per heavy atom. The minimum Gasteiger partial charge on any atom is -0.382 e. The molecule has 1 fully saturated rings. The highest BCUT2D eigenvalue weighted by molar-refractivity contribution is 5.88. The summed E-state index contributed by atoms with van der Waals surface area (Å²) in [7, 11) is 0. The van der Waals surface area contributed by atoms with Gasteiger partial charge in [0, 0.05) is 11.7 Å². The zero-order valence-corrected chi connectivity index (χ0v) is 16.6. The summed E-state index contributed by atoms with van der Waals surface area (Å²) in [4.78, 5) is 17.9. The van der Waals surface area contributed by atoms with Crippen LogP contribution in [0.1, 0.15) is 27.0 Å². The van der Waals surface area contributed by atoms with E-state index in [-0.39, 0.29) is 18.0 Å². The molecule has 4 aromatic rings. The number of nitrogens with two attached hydrogens (primary N) is 1. The van der Waals surface area contributed by atoms with E-state index in [4.69, 9.17) is 7.10 Å². The SMILES string of the molecule is [2H]c1cc(-c2ccc3nc(C)n(CC(F)F)c3n2)c2c(N)nc(=N[C@H](C)C3CC3)[nH]n12. The number of pyridine rings is 1. The Bertz CT molecular complexity index is 1370. The Morgan fingerprint density at radius 3 is 2.83 bits per heavy atom. The fourth-order valence-corrected chi connectivity index (χ4v) is 3.77. The molecule has 8 nitrogen and oxygen atoms in total. The van der Waals surface area contributed by atoms with Crippen LogP contribution in [0.3, 0.4) is 0 Å². The molecule has 5 rings (SSSR count). The molecule has 1 aliphatic rings. The maximum absolute atomic E-state index is 13.0. The summed E-state index contributed by atoms with van der Waals surface area (Å²) in [5.74, 6) is 1.25. The average molecular weight is 413 g/mol. The quantitative estimate of drug-likeness (QED) is 0.525. The van der Waals surface area contributed by atoms with Crippen molar-refractivity contribution < 1.29 is 10.2 Å². The van der Waals surface area contributed by atoms with Crippen molar-refractivity contribution in [2.75, 3.05) is 5.73 Å². The fourth-order valence-electron chi connectivity index (χ4n) is 3.77. The zero-order valence-electron chi connectivity index (χ0n) is 17.6. The molecule has 30 heavy (non-hydrogen) atoms. The predicted octanol–water partition coefficient (Wildman–Crippen LogP) is 2.93. The molecular formula is C20H22F2N8. The Labute approximate surface area is 171 Å². The van der Waals surface area contributed by atoms with E-state index in [0.29, 0.717) is 45.3 Å². The molecule has 4 heterocycles. The number of rotatable bonds is 5. The smallest absolute Gasteiger partial charge is 0.256 e. The Morgan fingerprint density at radius 1 is 1.30 bits per heavy atom. The number of halogens is 2. The lowest BCUT2D eigenvalue weighted by Crippen LogP contribution is -2.22. The number of hydrogen-bond donors (Lipinski definition) is 2. The molecule has 0 radical (unpaired) electrons. The highest BCUT2D eigenvalue weighted by Crippen LogP contribution is 2.33. The average Bonchev–Trinajstić information content (AvgIpc) is 3.45. The number of H-pyrrole nitrogens is 1. The highest BCUT2D eigenvalue weighted by Gasteiger charge is 2.27. The summed E-state index contributed by atoms with van der Waals surface area (Å²) in [5.41, 5.74) is 9.08. The second kappa shape index (κ2) is 6.89. The van der Waals surface area contributed by atoms with Crippen molar-refractivity contribution in [1.29, 1.82) is 0 Å². The fraction of sp³-hybridized carbons (Fsp3) is 0.400. The number of nitrogens with one attached hydrogen (secondary N) is 1. The Kier molecular flexibility index (Phi) is 4.03. The molecular weight excluding hydrogens is 390 g/mol. The van der Waals surface area contributed by atoms with Gasteiger partial charge in [-0.2, -0.15) is 4.98 Å². The van der Waals surface area contributed by atoms with Crippen molar-refractivity contribution in [1.82, 2.24) is 29.1 Å². The van der Waals surface area contributed by atoms with Crippen molar-refractivity contribution in [2.45, 2.75) is 45.7 Å². The first-order chi connectivity index (χ1) is 14.8. The number of nitrogens with zero attached hydrogens (tertiary/aromatic N) is 6. The lowest BCUT2D eigenvalue weighted by Gasteiger charge is -2.07. The van der Waals surface area contributed by atoms with Gasteiger partial charge in [0.1, 0.15) is 16.9 Å². The van der Waals surface area contributed by atoms with Crippen LogP contribution >= 0.6 is 0 Å². The largest absolute Gasteiger partial charge is 0.382 e. The van der Waals surface area contributed by atoms with E-state index in [1.165, 1.54) is 9.08 Å². The van der Waals surface area contributed by atoms with Crippen molar-refractivity contribution in [3.63, 3.8) is 0 Å². The zero-order chi connectivity index (χ0) is 21.9. The van der Waals surface area contributed by atoms with Crippen molar-refractivity contribution in [3.05, 3.63) is 35.8 Å². The van der Waals surface area contributed by atoms with E-state index in [2.05, 4.69) is 25.0 Å². The third kappa shape index (κ3) is 3.21. The maximum Gasteiger partial charge on any atom is 0.256 e. The molecule has 4 aromatic heterocycles. The summed E-state index contributed by atoms with van der Waals surface area (Å²) in [6.07, 6.45) is -0.0365. The van der Waals surface area contributed by atoms with Crippen LogP contribution in [0.2, 0.25) is 0 Å². The highest BCUT2D eigenvalue weighted by atomic mass is 19.3. The maximum atomic E-state index is 13.0. The van der Waals surface area contributed by atoms with Gasteiger partial charge in [-0.3, -0.25) is 9.61 Å². The van der Waals surface area contributed by atoms with E-state index in [0.717, 1.165) is 12.8 Å². The summed E-state index contributed by atoms with van der Waals surface area (Å²) < 4.78 is 37.4. The van der Waals surface area contributed by atoms with Crippen LogP contribution in [0, 0.1) is 12.8 Å². The number of aryl methyl sites for hydroxylation is 1. The standard InChI is InChI=1S/C20H22F2N8/c1-10(12-3-4-12)24-20-27-18(23)17-13(7-8-30(17)28-20)14-5-6-15-19(26-14)29(9-16(21)22)11(2)25-15/h5-8,10,12,16H,3-4,9H2,1-2H3,(H3,23,24,27,28)/t10-/m1/s1/i8D. The number of hydrogen-bond acceptors (Lipinski definition) is 5. The van der Waals surface area contributed by atoms with Gasteiger partial charge in [-0.05, 0) is 50.8 Å². The summed E-state index contributed by atoms with van der Waals surface area (Å²) in [6.45, 7) is 3.23. The molecule has 1 saturated carbocycles. The molecule has 0 saturated heterocycles. The molecule has 1 atom stereocenters. The first-order valence-corrected chi connectivity index (χ1v) is 9.86. The monoisotopic (exact) mass is 413 g/mol. The normalized spacial score (nSPS) is 16.7. The van der Waals surface area contributed by atoms with Crippen LogP contribution < -0.4 is 11.4 Å². The van der Waals surface area contributed by atoms with Gasteiger partial charge >= 0.3 is 0 Å². The molecule has 10 heteroatoms. The Hall–Kier alpha value is -3.30. The molecule has 0 spiro atoms. The van der Waals surface area contributed by atoms with Crippen molar-refractivity contribution >= 4 is 22.5 Å². The second-order valence-corrected chi connectivity index (χ2v) is 7.71. The van der Waals surface area contributed by atoms with E-state index in [1.54, 1.807) is 25.1 Å². The van der Waals surface area contributed by atoms with Gasteiger partial charge in [-0.15, -0.1) is 0 Å². The van der Waals surface area contributed by atoms with Gasteiger partial charge in [0.05, 0.1) is 19.7 Å². The van der Waals surface area contributed by atoms with E-state index in [1.807, 2.05) is 6.92 Å². The third-order valence-corrected chi connectivity index (χ3v) is 5.51. The Balaban J connectivity index is 1.66. The van der Waals surface area contributed by atoms with Crippen LogP contribution in [0.5, 0.6) is 0 Å². The molecule has 0 aromatic carbocycles. The molecule has 0 bridgehead atoms. The van der Waals surface area contributed by atoms with Crippen LogP contribution in [0.4, 0.5) is 14.6 Å². The number of alkyl halides is 2. The van der Waals surface area contributed by atoms with Gasteiger partial charge in [-0.25, -0.2) is 23.7 Å². The predicted molar refractivity (Wildman–Crippen MR) is 109 cm³/mol. The molecule has 0 unspecified atom stereocenters. The number of fused-ring (bicyclic) bond motifs is 2. The van der Waals surface area contributed by atoms with Crippen LogP contribution in [0.15, 0.2) is 29.4 Å². The molecule has 1 aliphatic carbocycles. The molecule has 0 aliphatic heterocycles. The third-order valence-electron chi connectivity index (χ3n) is 5.51. The van der Waals surface area contributed by atoms with Gasteiger partial charge in [-0.1, -0.05) is 0 Å². The summed E-state index contributed by atoms with van der Waals surface area (Å²) in [5, 5.41) is 3.05. The number of anilines is 1. The summed E-state index contributed by atoms with van der Waals surface area (Å²) in [6, 6.07) is 5.22. The van der Waals surface area contributed by atoms with Crippen molar-refractivity contribution in [3.8, 4) is 11.3 Å². The minimum absolute atomic E-state index is 0.132. The topological polar surface area (TPSA) is 102 Å². The van der Waals surface area contributed by atoms with Gasteiger partial charge in [0.2, 0.25) is 5.62 Å². The lowest BCUT2D eigenvalue weighted by atomic mass is 10.2. The van der Waals surface area contributed by atoms with Gasteiger partial charge in [0.15, 0.2) is 11.5 Å². The number of nitrogen functional groups attached to an aromatic ring is 1. The minimum atomic E-state index is -2.52. The number of imidazole rings is 1. The second-order valence-electron chi connectivity index (χ2n) is 7.71. The van der Waals surface area contributed by atoms with Gasteiger partial charge in [0.25, 0.3) is 6.43 Å². The number of aromatic nitrogens is 6. The van der Waals surface area contributed by atoms with E-state index < -0.39 is 13.0 Å². The first-order valence-electron chi connectivity index (χ1n) is 10.4. The first kappa shape index (κ1) is 17.5. The van der Waals surface area contributed by atoms with Crippen LogP contribution in [0.25, 0.3) is 27.9 Å². The molecule has 156 valence electrons. The van der Waals surface area contributed by atoms with Crippen molar-refractivity contribution in [2.24, 2.45) is 10.9 Å². The molecule has 3 N–H and O–H groups in total. The lowest BCUT2D eigenvalue weighted by molar-refractivity contribution is 0.127. The van der Waals surface area contributed by atoms with Crippen LogP contribution in [-0.2, 0) is 6.54 Å².